The predicted molar refractivity (Wildman–Crippen MR) is 89.1 cm³/mol. The molecule has 2 aromatic carbocycles. The van der Waals surface area contributed by atoms with E-state index in [4.69, 9.17) is 0 Å². The highest BCUT2D eigenvalue weighted by atomic mass is 19.4. The van der Waals surface area contributed by atoms with E-state index in [0.29, 0.717) is 11.5 Å². The van der Waals surface area contributed by atoms with Gasteiger partial charge in [-0.2, -0.15) is 13.2 Å². The van der Waals surface area contributed by atoms with Crippen LogP contribution < -0.4 is 5.32 Å². The maximum absolute atomic E-state index is 12.6. The molecule has 0 fully saturated rings. The van der Waals surface area contributed by atoms with Gasteiger partial charge in [-0.25, -0.2) is 0 Å². The summed E-state index contributed by atoms with van der Waals surface area (Å²) in [5.74, 6) is 0.164. The standard InChI is InChI=1S/C19H18F3NO/c1-13(2)14-6-8-15(9-7-14)18(24)10-11-23-17-5-3-4-16(12-17)19(20,21)22/h3-13,23H,1-2H3. The second kappa shape index (κ2) is 7.34. The quantitative estimate of drug-likeness (QED) is 0.567. The molecule has 0 aromatic heterocycles. The van der Waals surface area contributed by atoms with Crippen molar-refractivity contribution in [2.24, 2.45) is 0 Å². The van der Waals surface area contributed by atoms with Crippen molar-refractivity contribution in [2.75, 3.05) is 5.32 Å². The molecule has 2 aromatic rings. The molecule has 0 amide bonds. The van der Waals surface area contributed by atoms with E-state index in [9.17, 15) is 18.0 Å². The van der Waals surface area contributed by atoms with Gasteiger partial charge in [0.25, 0.3) is 0 Å². The Morgan fingerprint density at radius 3 is 2.33 bits per heavy atom. The fourth-order valence-electron chi connectivity index (χ4n) is 2.13. The highest BCUT2D eigenvalue weighted by Gasteiger charge is 2.30. The number of allylic oxidation sites excluding steroid dienone is 1. The van der Waals surface area contributed by atoms with Gasteiger partial charge in [-0.3, -0.25) is 4.79 Å². The fourth-order valence-corrected chi connectivity index (χ4v) is 2.13. The van der Waals surface area contributed by atoms with E-state index in [1.807, 2.05) is 12.1 Å². The zero-order valence-electron chi connectivity index (χ0n) is 13.4. The first-order chi connectivity index (χ1) is 11.3. The van der Waals surface area contributed by atoms with Gasteiger partial charge in [0.05, 0.1) is 5.56 Å². The number of hydrogen-bond donors (Lipinski definition) is 1. The zero-order chi connectivity index (χ0) is 17.7. The molecule has 126 valence electrons. The lowest BCUT2D eigenvalue weighted by molar-refractivity contribution is -0.137. The zero-order valence-corrected chi connectivity index (χ0v) is 13.4. The van der Waals surface area contributed by atoms with E-state index in [1.165, 1.54) is 24.4 Å². The smallest absolute Gasteiger partial charge is 0.362 e. The van der Waals surface area contributed by atoms with Crippen molar-refractivity contribution in [3.05, 3.63) is 77.5 Å². The van der Waals surface area contributed by atoms with Crippen LogP contribution in [-0.4, -0.2) is 5.78 Å². The van der Waals surface area contributed by atoms with Gasteiger partial charge in [0.15, 0.2) is 5.78 Å². The van der Waals surface area contributed by atoms with Crippen LogP contribution in [0.15, 0.2) is 60.8 Å². The lowest BCUT2D eigenvalue weighted by Gasteiger charge is -2.08. The largest absolute Gasteiger partial charge is 0.416 e. The number of alkyl halides is 3. The number of ketones is 1. The van der Waals surface area contributed by atoms with Crippen molar-refractivity contribution >= 4 is 11.5 Å². The van der Waals surface area contributed by atoms with E-state index in [0.717, 1.165) is 17.7 Å². The maximum Gasteiger partial charge on any atom is 0.416 e. The van der Waals surface area contributed by atoms with Crippen molar-refractivity contribution in [3.8, 4) is 0 Å². The Morgan fingerprint density at radius 2 is 1.75 bits per heavy atom. The second-order valence-corrected chi connectivity index (χ2v) is 5.70. The second-order valence-electron chi connectivity index (χ2n) is 5.70. The van der Waals surface area contributed by atoms with Crippen LogP contribution in [0.4, 0.5) is 18.9 Å². The van der Waals surface area contributed by atoms with Crippen LogP contribution in [0.3, 0.4) is 0 Å². The summed E-state index contributed by atoms with van der Waals surface area (Å²) in [6, 6.07) is 12.1. The van der Waals surface area contributed by atoms with Gasteiger partial charge < -0.3 is 5.32 Å². The van der Waals surface area contributed by atoms with Crippen molar-refractivity contribution < 1.29 is 18.0 Å². The first-order valence-corrected chi connectivity index (χ1v) is 7.52. The lowest BCUT2D eigenvalue weighted by atomic mass is 10.0. The van der Waals surface area contributed by atoms with Crippen molar-refractivity contribution in [3.63, 3.8) is 0 Å². The van der Waals surface area contributed by atoms with E-state index in [-0.39, 0.29) is 11.5 Å². The molecule has 0 unspecified atom stereocenters. The summed E-state index contributed by atoms with van der Waals surface area (Å²) < 4.78 is 37.9. The van der Waals surface area contributed by atoms with Gasteiger partial charge in [0, 0.05) is 23.5 Å². The first-order valence-electron chi connectivity index (χ1n) is 7.52. The molecule has 0 aliphatic heterocycles. The summed E-state index contributed by atoms with van der Waals surface area (Å²) in [6.45, 7) is 4.13. The molecule has 0 heterocycles. The summed E-state index contributed by atoms with van der Waals surface area (Å²) in [6.07, 6.45) is -1.76. The molecule has 0 bridgehead atoms. The van der Waals surface area contributed by atoms with E-state index < -0.39 is 11.7 Å². The number of anilines is 1. The molecule has 2 rings (SSSR count). The Balaban J connectivity index is 2.02. The minimum atomic E-state index is -4.39. The third kappa shape index (κ3) is 4.72. The average molecular weight is 333 g/mol. The molecule has 0 spiro atoms. The lowest BCUT2D eigenvalue weighted by Crippen LogP contribution is -2.05. The van der Waals surface area contributed by atoms with Crippen molar-refractivity contribution in [2.45, 2.75) is 25.9 Å². The Labute approximate surface area is 139 Å². The van der Waals surface area contributed by atoms with Crippen LogP contribution >= 0.6 is 0 Å². The van der Waals surface area contributed by atoms with Crippen LogP contribution in [0.25, 0.3) is 0 Å². The number of hydrogen-bond acceptors (Lipinski definition) is 2. The predicted octanol–water partition coefficient (Wildman–Crippen LogP) is 5.64. The van der Waals surface area contributed by atoms with E-state index >= 15 is 0 Å². The highest BCUT2D eigenvalue weighted by Crippen LogP contribution is 2.30. The van der Waals surface area contributed by atoms with Gasteiger partial charge in [-0.15, -0.1) is 0 Å². The molecule has 0 aliphatic rings. The molecular weight excluding hydrogens is 315 g/mol. The van der Waals surface area contributed by atoms with Crippen LogP contribution in [-0.2, 0) is 6.18 Å². The third-order valence-corrected chi connectivity index (χ3v) is 3.54. The first kappa shape index (κ1) is 17.8. The molecule has 5 heteroatoms. The number of benzene rings is 2. The Hall–Kier alpha value is -2.56. The van der Waals surface area contributed by atoms with Crippen LogP contribution in [0.5, 0.6) is 0 Å². The minimum Gasteiger partial charge on any atom is -0.362 e. The van der Waals surface area contributed by atoms with Crippen LogP contribution in [0.2, 0.25) is 0 Å². The normalized spacial score (nSPS) is 11.9. The van der Waals surface area contributed by atoms with Gasteiger partial charge in [0.1, 0.15) is 0 Å². The molecule has 0 aliphatic carbocycles. The molecule has 24 heavy (non-hydrogen) atoms. The molecular formula is C19H18F3NO. The van der Waals surface area contributed by atoms with Crippen LogP contribution in [0, 0.1) is 0 Å². The third-order valence-electron chi connectivity index (χ3n) is 3.54. The van der Waals surface area contributed by atoms with E-state index in [1.54, 1.807) is 12.1 Å². The van der Waals surface area contributed by atoms with Gasteiger partial charge in [0.2, 0.25) is 0 Å². The summed E-state index contributed by atoms with van der Waals surface area (Å²) in [5, 5.41) is 2.69. The van der Waals surface area contributed by atoms with Crippen molar-refractivity contribution in [1.29, 1.82) is 0 Å². The number of carbonyl (C=O) groups is 1. The molecule has 0 atom stereocenters. The molecule has 0 radical (unpaired) electrons. The van der Waals surface area contributed by atoms with Gasteiger partial charge in [-0.1, -0.05) is 44.2 Å². The summed E-state index contributed by atoms with van der Waals surface area (Å²) >= 11 is 0. The molecule has 0 saturated heterocycles. The number of halogens is 3. The fraction of sp³-hybridized carbons (Fsp3) is 0.211. The SMILES string of the molecule is CC(C)c1ccc(C(=O)C=CNc2cccc(C(F)(F)F)c2)cc1. The number of carbonyl (C=O) groups excluding carboxylic acids is 1. The summed E-state index contributed by atoms with van der Waals surface area (Å²) in [4.78, 5) is 12.0. The number of rotatable bonds is 5. The Bertz CT molecular complexity index is 731. The average Bonchev–Trinajstić information content (AvgIpc) is 2.54. The summed E-state index contributed by atoms with van der Waals surface area (Å²) in [7, 11) is 0. The summed E-state index contributed by atoms with van der Waals surface area (Å²) in [5.41, 5.74) is 1.19. The van der Waals surface area contributed by atoms with Gasteiger partial charge in [-0.05, 0) is 29.7 Å². The van der Waals surface area contributed by atoms with Crippen LogP contribution in [0.1, 0.15) is 41.3 Å². The minimum absolute atomic E-state index is 0.218. The van der Waals surface area contributed by atoms with E-state index in [2.05, 4.69) is 19.2 Å². The Morgan fingerprint density at radius 1 is 1.08 bits per heavy atom. The van der Waals surface area contributed by atoms with Crippen molar-refractivity contribution in [1.82, 2.24) is 0 Å². The topological polar surface area (TPSA) is 29.1 Å². The maximum atomic E-state index is 12.6. The Kier molecular flexibility index (Phi) is 5.44. The highest BCUT2D eigenvalue weighted by molar-refractivity contribution is 6.04. The molecule has 0 saturated carbocycles. The molecule has 1 N–H and O–H groups in total. The monoisotopic (exact) mass is 333 g/mol. The van der Waals surface area contributed by atoms with Gasteiger partial charge >= 0.3 is 6.18 Å². The number of nitrogens with one attached hydrogen (secondary N) is 1. The molecule has 2 nitrogen and oxygen atoms in total.